The van der Waals surface area contributed by atoms with Crippen LogP contribution in [-0.4, -0.2) is 77.6 Å². The molecule has 1 unspecified atom stereocenters. The molecule has 0 aliphatic carbocycles. The van der Waals surface area contributed by atoms with Gasteiger partial charge in [0.15, 0.2) is 11.5 Å². The molecule has 1 atom stereocenters. The van der Waals surface area contributed by atoms with Crippen molar-refractivity contribution in [2.75, 3.05) is 45.6 Å². The third-order valence-electron chi connectivity index (χ3n) is 6.60. The highest BCUT2D eigenvalue weighted by atomic mass is 32.2. The number of nitrogens with zero attached hydrogens (tertiary/aromatic N) is 2. The zero-order chi connectivity index (χ0) is 25.7. The van der Waals surface area contributed by atoms with Gasteiger partial charge in [0.25, 0.3) is 0 Å². The average molecular weight is 534 g/mol. The number of carbonyl (C=O) groups is 1. The van der Waals surface area contributed by atoms with Gasteiger partial charge in [0, 0.05) is 32.2 Å². The zero-order valence-corrected chi connectivity index (χ0v) is 21.6. The molecule has 0 spiro atoms. The quantitative estimate of drug-likeness (QED) is 0.551. The maximum Gasteiger partial charge on any atom is 0.248 e. The van der Waals surface area contributed by atoms with E-state index in [9.17, 15) is 21.6 Å². The Hall–Kier alpha value is -2.93. The van der Waals surface area contributed by atoms with Gasteiger partial charge < -0.3 is 14.4 Å². The van der Waals surface area contributed by atoms with Crippen LogP contribution in [0.4, 0.5) is 0 Å². The molecule has 2 aromatic carbocycles. The van der Waals surface area contributed by atoms with Gasteiger partial charge in [-0.3, -0.25) is 4.79 Å². The van der Waals surface area contributed by atoms with Crippen LogP contribution in [0.5, 0.6) is 11.5 Å². The number of rotatable bonds is 6. The summed E-state index contributed by atoms with van der Waals surface area (Å²) in [6, 6.07) is 13.3. The smallest absolute Gasteiger partial charge is 0.248 e. The fourth-order valence-electron chi connectivity index (χ4n) is 4.88. The molecule has 0 fully saturated rings. The van der Waals surface area contributed by atoms with Gasteiger partial charge in [-0.05, 0) is 35.8 Å². The molecule has 192 valence electrons. The first-order chi connectivity index (χ1) is 17.0. The van der Waals surface area contributed by atoms with Crippen LogP contribution in [0.2, 0.25) is 0 Å². The van der Waals surface area contributed by atoms with E-state index < -0.39 is 31.5 Å². The summed E-state index contributed by atoms with van der Waals surface area (Å²) >= 11 is 0. The first-order valence-electron chi connectivity index (χ1n) is 11.4. The molecule has 0 bridgehead atoms. The highest BCUT2D eigenvalue weighted by molar-refractivity contribution is 7.89. The number of amides is 1. The lowest BCUT2D eigenvalue weighted by Crippen LogP contribution is -2.55. The van der Waals surface area contributed by atoms with E-state index in [1.165, 1.54) is 16.4 Å². The van der Waals surface area contributed by atoms with Gasteiger partial charge in [-0.2, -0.15) is 9.03 Å². The molecule has 3 heterocycles. The molecule has 0 saturated carbocycles. The molecule has 5 rings (SSSR count). The van der Waals surface area contributed by atoms with Crippen LogP contribution in [0, 0.1) is 0 Å². The predicted molar refractivity (Wildman–Crippen MR) is 132 cm³/mol. The summed E-state index contributed by atoms with van der Waals surface area (Å²) in [5, 5.41) is 0. The van der Waals surface area contributed by atoms with Crippen molar-refractivity contribution in [3.8, 4) is 11.5 Å². The number of carbonyl (C=O) groups excluding carboxylic acids is 1. The van der Waals surface area contributed by atoms with Crippen molar-refractivity contribution in [1.29, 1.82) is 0 Å². The van der Waals surface area contributed by atoms with Crippen LogP contribution in [0.15, 0.2) is 64.6 Å². The third-order valence-corrected chi connectivity index (χ3v) is 9.17. The number of hydrogen-bond donors (Lipinski definition) is 1. The van der Waals surface area contributed by atoms with E-state index in [4.69, 9.17) is 9.47 Å². The lowest BCUT2D eigenvalue weighted by atomic mass is 9.91. The second-order valence-corrected chi connectivity index (χ2v) is 13.0. The Morgan fingerprint density at radius 2 is 1.50 bits per heavy atom. The molecule has 3 aliphatic heterocycles. The fourth-order valence-corrected chi connectivity index (χ4v) is 7.27. The average Bonchev–Trinajstić information content (AvgIpc) is 3.43. The van der Waals surface area contributed by atoms with E-state index in [1.807, 2.05) is 0 Å². The van der Waals surface area contributed by atoms with E-state index >= 15 is 0 Å². The SMILES string of the molecule is CC(NS(C)(=O)=O)(C(=O)N1CC2=C(C1)CN(S(=O)(=O)c1ccc3c(c1)OCCO3)C2)c1ccccc1. The van der Waals surface area contributed by atoms with Gasteiger partial charge >= 0.3 is 0 Å². The van der Waals surface area contributed by atoms with E-state index in [0.29, 0.717) is 30.3 Å². The molecule has 0 radical (unpaired) electrons. The molecule has 2 aromatic rings. The molecule has 12 heteroatoms. The van der Waals surface area contributed by atoms with E-state index in [-0.39, 0.29) is 31.1 Å². The van der Waals surface area contributed by atoms with E-state index in [1.54, 1.807) is 48.2 Å². The Kier molecular flexibility index (Phi) is 6.10. The Labute approximate surface area is 210 Å². The summed E-state index contributed by atoms with van der Waals surface area (Å²) < 4.78 is 65.8. The van der Waals surface area contributed by atoms with Gasteiger partial charge in [-0.1, -0.05) is 30.3 Å². The van der Waals surface area contributed by atoms with Crippen LogP contribution in [-0.2, 0) is 30.4 Å². The highest BCUT2D eigenvalue weighted by Crippen LogP contribution is 2.36. The standard InChI is InChI=1S/C24H27N3O7S2/c1-24(25-35(2,29)30,19-6-4-3-5-7-19)23(28)26-13-17-15-27(16-18(17)14-26)36(31,32)20-8-9-21-22(12-20)34-11-10-33-21/h3-9,12,25H,10-11,13-16H2,1-2H3. The van der Waals surface area contributed by atoms with Crippen molar-refractivity contribution in [1.82, 2.24) is 13.9 Å². The number of benzene rings is 2. The number of ether oxygens (including phenoxy) is 2. The van der Waals surface area contributed by atoms with Crippen LogP contribution in [0.1, 0.15) is 12.5 Å². The molecular formula is C24H27N3O7S2. The van der Waals surface area contributed by atoms with Crippen molar-refractivity contribution in [2.24, 2.45) is 0 Å². The topological polar surface area (TPSA) is 122 Å². The van der Waals surface area contributed by atoms with Crippen molar-refractivity contribution >= 4 is 26.0 Å². The lowest BCUT2D eigenvalue weighted by molar-refractivity contribution is -0.136. The summed E-state index contributed by atoms with van der Waals surface area (Å²) in [6.45, 7) is 3.11. The summed E-state index contributed by atoms with van der Waals surface area (Å²) in [7, 11) is -7.49. The van der Waals surface area contributed by atoms with Crippen LogP contribution >= 0.6 is 0 Å². The second kappa shape index (κ2) is 8.87. The fraction of sp³-hybridized carbons (Fsp3) is 0.375. The number of fused-ring (bicyclic) bond motifs is 1. The van der Waals surface area contributed by atoms with Crippen molar-refractivity contribution in [3.05, 3.63) is 65.2 Å². The molecule has 1 N–H and O–H groups in total. The normalized spacial score (nSPS) is 19.8. The first kappa shape index (κ1) is 24.8. The molecule has 1 amide bonds. The molecule has 0 saturated heterocycles. The van der Waals surface area contributed by atoms with Crippen LogP contribution in [0.25, 0.3) is 0 Å². The van der Waals surface area contributed by atoms with Gasteiger partial charge in [-0.25, -0.2) is 16.8 Å². The van der Waals surface area contributed by atoms with Crippen LogP contribution in [0.3, 0.4) is 0 Å². The van der Waals surface area contributed by atoms with Crippen molar-refractivity contribution in [3.63, 3.8) is 0 Å². The zero-order valence-electron chi connectivity index (χ0n) is 19.9. The minimum Gasteiger partial charge on any atom is -0.486 e. The minimum atomic E-state index is -3.79. The van der Waals surface area contributed by atoms with Gasteiger partial charge in [-0.15, -0.1) is 0 Å². The van der Waals surface area contributed by atoms with Gasteiger partial charge in [0.1, 0.15) is 18.8 Å². The number of sulfonamides is 2. The van der Waals surface area contributed by atoms with E-state index in [0.717, 1.165) is 17.4 Å². The third kappa shape index (κ3) is 4.49. The largest absolute Gasteiger partial charge is 0.486 e. The predicted octanol–water partition coefficient (Wildman–Crippen LogP) is 1.07. The maximum atomic E-state index is 13.6. The Morgan fingerprint density at radius 3 is 2.11 bits per heavy atom. The Balaban J connectivity index is 1.32. The van der Waals surface area contributed by atoms with Crippen LogP contribution < -0.4 is 14.2 Å². The van der Waals surface area contributed by atoms with Gasteiger partial charge in [0.2, 0.25) is 26.0 Å². The monoisotopic (exact) mass is 533 g/mol. The second-order valence-electron chi connectivity index (χ2n) is 9.31. The van der Waals surface area contributed by atoms with Crippen molar-refractivity contribution in [2.45, 2.75) is 17.4 Å². The summed E-state index contributed by atoms with van der Waals surface area (Å²) in [5.41, 5.74) is 0.722. The minimum absolute atomic E-state index is 0.120. The maximum absolute atomic E-state index is 13.6. The summed E-state index contributed by atoms with van der Waals surface area (Å²) in [6.07, 6.45) is 1.02. The number of hydrogen-bond acceptors (Lipinski definition) is 7. The van der Waals surface area contributed by atoms with Gasteiger partial charge in [0.05, 0.1) is 11.2 Å². The summed E-state index contributed by atoms with van der Waals surface area (Å²) in [4.78, 5) is 15.3. The Morgan fingerprint density at radius 1 is 0.889 bits per heavy atom. The highest BCUT2D eigenvalue weighted by Gasteiger charge is 2.45. The Bertz CT molecular complexity index is 1440. The molecule has 3 aliphatic rings. The first-order valence-corrected chi connectivity index (χ1v) is 14.7. The molecule has 36 heavy (non-hydrogen) atoms. The van der Waals surface area contributed by atoms with Crippen molar-refractivity contribution < 1.29 is 31.1 Å². The molecule has 0 aromatic heterocycles. The summed E-state index contributed by atoms with van der Waals surface area (Å²) in [5.74, 6) is 0.521. The molecule has 10 nitrogen and oxygen atoms in total. The lowest BCUT2D eigenvalue weighted by Gasteiger charge is -2.34. The number of nitrogens with one attached hydrogen (secondary N) is 1. The molecular weight excluding hydrogens is 506 g/mol. The van der Waals surface area contributed by atoms with E-state index in [2.05, 4.69) is 4.72 Å².